The van der Waals surface area contributed by atoms with E-state index in [1.165, 1.54) is 6.21 Å². The van der Waals surface area contributed by atoms with Crippen LogP contribution in [0.3, 0.4) is 0 Å². The number of hydrogen-bond acceptors (Lipinski definition) is 3. The molecular formula is C7H10IN3. The first kappa shape index (κ1) is 8.70. The first-order valence-electron chi connectivity index (χ1n) is 3.32. The molecule has 2 unspecified atom stereocenters. The van der Waals surface area contributed by atoms with E-state index < -0.39 is 0 Å². The molecule has 0 aliphatic carbocycles. The molecule has 1 N–H and O–H groups in total. The van der Waals surface area contributed by atoms with Crippen LogP contribution in [0.5, 0.6) is 0 Å². The molecule has 0 saturated carbocycles. The molecule has 1 aliphatic heterocycles. The summed E-state index contributed by atoms with van der Waals surface area (Å²) in [5.74, 6) is 0.144. The van der Waals surface area contributed by atoms with Crippen LogP contribution in [0.15, 0.2) is 17.3 Å². The lowest BCUT2D eigenvalue weighted by molar-refractivity contribution is 0.347. The van der Waals surface area contributed by atoms with E-state index >= 15 is 0 Å². The van der Waals surface area contributed by atoms with Gasteiger partial charge in [-0.05, 0) is 28.8 Å². The molecule has 0 saturated heterocycles. The lowest BCUT2D eigenvalue weighted by Gasteiger charge is -2.19. The van der Waals surface area contributed by atoms with Crippen LogP contribution in [-0.2, 0) is 0 Å². The summed E-state index contributed by atoms with van der Waals surface area (Å²) in [5.41, 5.74) is 0. The van der Waals surface area contributed by atoms with Crippen molar-refractivity contribution in [1.29, 1.82) is 5.41 Å². The van der Waals surface area contributed by atoms with Crippen molar-refractivity contribution in [3.8, 4) is 0 Å². The van der Waals surface area contributed by atoms with Crippen molar-refractivity contribution in [3.63, 3.8) is 0 Å². The average Bonchev–Trinajstić information content (AvgIpc) is 2.34. The summed E-state index contributed by atoms with van der Waals surface area (Å²) in [6.07, 6.45) is 5.48. The fourth-order valence-electron chi connectivity index (χ4n) is 1.10. The Labute approximate surface area is 79.8 Å². The molecule has 3 nitrogen and oxygen atoms in total. The zero-order chi connectivity index (χ0) is 8.27. The first-order chi connectivity index (χ1) is 5.29. The van der Waals surface area contributed by atoms with Crippen molar-refractivity contribution >= 4 is 33.0 Å². The van der Waals surface area contributed by atoms with Crippen LogP contribution in [0.4, 0.5) is 0 Å². The highest BCUT2D eigenvalue weighted by Crippen LogP contribution is 2.18. The molecule has 11 heavy (non-hydrogen) atoms. The van der Waals surface area contributed by atoms with Crippen molar-refractivity contribution < 1.29 is 0 Å². The van der Waals surface area contributed by atoms with Crippen LogP contribution >= 0.6 is 22.6 Å². The number of hydrogen-bond donors (Lipinski definition) is 1. The zero-order valence-electron chi connectivity index (χ0n) is 6.24. The molecule has 60 valence electrons. The lowest BCUT2D eigenvalue weighted by atomic mass is 10.1. The maximum absolute atomic E-state index is 7.12. The third-order valence-corrected chi connectivity index (χ3v) is 2.03. The largest absolute Gasteiger partial charge is 0.359 e. The van der Waals surface area contributed by atoms with Gasteiger partial charge in [-0.2, -0.15) is 0 Å². The van der Waals surface area contributed by atoms with Crippen LogP contribution in [0.1, 0.15) is 0 Å². The summed E-state index contributed by atoms with van der Waals surface area (Å²) in [6, 6.07) is 0. The van der Waals surface area contributed by atoms with Gasteiger partial charge >= 0.3 is 0 Å². The van der Waals surface area contributed by atoms with E-state index in [9.17, 15) is 0 Å². The van der Waals surface area contributed by atoms with Gasteiger partial charge in [0.25, 0.3) is 0 Å². The van der Waals surface area contributed by atoms with Gasteiger partial charge in [0.15, 0.2) is 0 Å². The highest BCUT2D eigenvalue weighted by atomic mass is 127. The summed E-state index contributed by atoms with van der Waals surface area (Å²) in [7, 11) is 1.97. The van der Waals surface area contributed by atoms with Crippen molar-refractivity contribution in [2.24, 2.45) is 10.9 Å². The van der Waals surface area contributed by atoms with Gasteiger partial charge in [0.1, 0.15) is 6.17 Å². The minimum Gasteiger partial charge on any atom is -0.359 e. The molecule has 1 rings (SSSR count). The summed E-state index contributed by atoms with van der Waals surface area (Å²) in [4.78, 5) is 6.24. The third-order valence-electron chi connectivity index (χ3n) is 1.71. The van der Waals surface area contributed by atoms with Crippen LogP contribution < -0.4 is 0 Å². The quantitative estimate of drug-likeness (QED) is 0.595. The van der Waals surface area contributed by atoms with Gasteiger partial charge in [0.05, 0.1) is 10.1 Å². The second-order valence-electron chi connectivity index (χ2n) is 2.41. The Morgan fingerprint density at radius 1 is 1.73 bits per heavy atom. The topological polar surface area (TPSA) is 39.5 Å². The Morgan fingerprint density at radius 2 is 2.45 bits per heavy atom. The standard InChI is InChI=1S/C7H10IN3/c1-11-3-2-6(4-9)7(11)10-5-8/h2-7,9H,1H3. The minimum absolute atomic E-state index is 0.101. The predicted molar refractivity (Wildman–Crippen MR) is 55.5 cm³/mol. The molecule has 1 aliphatic rings. The second kappa shape index (κ2) is 3.85. The van der Waals surface area contributed by atoms with E-state index in [0.29, 0.717) is 0 Å². The predicted octanol–water partition coefficient (Wildman–Crippen LogP) is 1.50. The van der Waals surface area contributed by atoms with Gasteiger partial charge in [-0.3, -0.25) is 4.99 Å². The van der Waals surface area contributed by atoms with Crippen molar-refractivity contribution in [1.82, 2.24) is 4.90 Å². The molecule has 0 aromatic carbocycles. The van der Waals surface area contributed by atoms with Crippen molar-refractivity contribution in [2.75, 3.05) is 7.05 Å². The molecule has 0 aromatic rings. The molecular weight excluding hydrogens is 253 g/mol. The van der Waals surface area contributed by atoms with E-state index in [0.717, 1.165) is 0 Å². The molecule has 0 bridgehead atoms. The summed E-state index contributed by atoms with van der Waals surface area (Å²) < 4.78 is 1.75. The van der Waals surface area contributed by atoms with E-state index in [4.69, 9.17) is 5.41 Å². The fraction of sp³-hybridized carbons (Fsp3) is 0.429. The number of nitrogens with one attached hydrogen (secondary N) is 1. The Hall–Kier alpha value is -0.390. The van der Waals surface area contributed by atoms with Crippen LogP contribution in [-0.4, -0.2) is 28.5 Å². The van der Waals surface area contributed by atoms with Gasteiger partial charge in [0.2, 0.25) is 0 Å². The fourth-order valence-corrected chi connectivity index (χ4v) is 1.43. The smallest absolute Gasteiger partial charge is 0.132 e. The van der Waals surface area contributed by atoms with Gasteiger partial charge in [0, 0.05) is 13.3 Å². The van der Waals surface area contributed by atoms with Crippen molar-refractivity contribution in [2.45, 2.75) is 6.17 Å². The van der Waals surface area contributed by atoms with Gasteiger partial charge < -0.3 is 10.3 Å². The maximum Gasteiger partial charge on any atom is 0.132 e. The Kier molecular flexibility index (Phi) is 3.04. The molecule has 2 atom stereocenters. The molecule has 0 radical (unpaired) electrons. The molecule has 0 fully saturated rings. The van der Waals surface area contributed by atoms with Crippen LogP contribution in [0, 0.1) is 11.3 Å². The van der Waals surface area contributed by atoms with E-state index in [1.807, 2.05) is 24.2 Å². The number of aliphatic imine (C=N–C) groups is 1. The van der Waals surface area contributed by atoms with Gasteiger partial charge in [-0.15, -0.1) is 0 Å². The molecule has 0 amide bonds. The SMILES string of the molecule is CN1C=CC(C=N)C1N=CI. The summed E-state index contributed by atoms with van der Waals surface area (Å²) in [6.45, 7) is 0. The average molecular weight is 263 g/mol. The van der Waals surface area contributed by atoms with Crippen molar-refractivity contribution in [3.05, 3.63) is 12.3 Å². The van der Waals surface area contributed by atoms with E-state index in [1.54, 1.807) is 4.22 Å². The van der Waals surface area contributed by atoms with Gasteiger partial charge in [-0.1, -0.05) is 6.08 Å². The van der Waals surface area contributed by atoms with E-state index in [-0.39, 0.29) is 12.1 Å². The minimum atomic E-state index is 0.101. The zero-order valence-corrected chi connectivity index (χ0v) is 8.39. The molecule has 1 heterocycles. The Morgan fingerprint density at radius 3 is 3.00 bits per heavy atom. The molecule has 4 heteroatoms. The second-order valence-corrected chi connectivity index (χ2v) is 2.97. The molecule has 0 aromatic heterocycles. The maximum atomic E-state index is 7.12. The Balaban J connectivity index is 2.68. The first-order valence-corrected chi connectivity index (χ1v) is 4.57. The summed E-state index contributed by atoms with van der Waals surface area (Å²) in [5, 5.41) is 7.12. The molecule has 0 spiro atoms. The van der Waals surface area contributed by atoms with E-state index in [2.05, 4.69) is 27.6 Å². The van der Waals surface area contributed by atoms with Gasteiger partial charge in [-0.25, -0.2) is 0 Å². The Bertz CT molecular complexity index is 200. The monoisotopic (exact) mass is 263 g/mol. The lowest BCUT2D eigenvalue weighted by Crippen LogP contribution is -2.27. The van der Waals surface area contributed by atoms with Crippen LogP contribution in [0.25, 0.3) is 0 Å². The number of rotatable bonds is 2. The highest BCUT2D eigenvalue weighted by molar-refractivity contribution is 14.1. The van der Waals surface area contributed by atoms with Crippen LogP contribution in [0.2, 0.25) is 0 Å². The normalized spacial score (nSPS) is 30.2. The highest BCUT2D eigenvalue weighted by Gasteiger charge is 2.23. The summed E-state index contributed by atoms with van der Waals surface area (Å²) >= 11 is 2.09. The third kappa shape index (κ3) is 1.79. The number of halogens is 1. The number of nitrogens with zero attached hydrogens (tertiary/aromatic N) is 2.